The lowest BCUT2D eigenvalue weighted by Crippen LogP contribution is -2.41. The Morgan fingerprint density at radius 1 is 0.862 bits per heavy atom. The zero-order chi connectivity index (χ0) is 20.3. The molecule has 0 saturated carbocycles. The van der Waals surface area contributed by atoms with Gasteiger partial charge in [0, 0.05) is 15.4 Å². The summed E-state index contributed by atoms with van der Waals surface area (Å²) in [6.45, 7) is 3.69. The van der Waals surface area contributed by atoms with Gasteiger partial charge in [0.15, 0.2) is 0 Å². The van der Waals surface area contributed by atoms with E-state index in [4.69, 9.17) is 0 Å². The molecule has 0 unspecified atom stereocenters. The van der Waals surface area contributed by atoms with Crippen LogP contribution >= 0.6 is 15.9 Å². The zero-order valence-electron chi connectivity index (χ0n) is 15.8. The van der Waals surface area contributed by atoms with Crippen LogP contribution in [0.2, 0.25) is 0 Å². The van der Waals surface area contributed by atoms with E-state index in [1.54, 1.807) is 16.8 Å². The normalized spacial score (nSPS) is 13.4. The molecule has 0 atom stereocenters. The van der Waals surface area contributed by atoms with Crippen molar-refractivity contribution < 1.29 is 9.59 Å². The van der Waals surface area contributed by atoms with Crippen molar-refractivity contribution >= 4 is 44.2 Å². The molecule has 0 fully saturated rings. The molecule has 0 N–H and O–H groups in total. The minimum absolute atomic E-state index is 0.325. The Hall–Kier alpha value is -3.25. The average Bonchev–Trinajstić information content (AvgIpc) is 3.01. The van der Waals surface area contributed by atoms with Crippen LogP contribution in [-0.4, -0.2) is 21.6 Å². The highest BCUT2D eigenvalue weighted by molar-refractivity contribution is 9.10. The first-order valence-electron chi connectivity index (χ1n) is 9.20. The number of nitrogens with zero attached hydrogens (tertiary/aromatic N) is 3. The van der Waals surface area contributed by atoms with Gasteiger partial charge in [-0.1, -0.05) is 46.3 Å². The summed E-state index contributed by atoms with van der Waals surface area (Å²) in [5.41, 5.74) is 3.80. The van der Waals surface area contributed by atoms with Gasteiger partial charge in [0.05, 0.1) is 28.3 Å². The number of carbonyl (C=O) groups is 2. The van der Waals surface area contributed by atoms with Crippen molar-refractivity contribution in [2.24, 2.45) is 0 Å². The van der Waals surface area contributed by atoms with Crippen LogP contribution in [0.5, 0.6) is 0 Å². The van der Waals surface area contributed by atoms with Crippen LogP contribution in [-0.2, 0) is 0 Å². The van der Waals surface area contributed by atoms with Crippen LogP contribution in [0.3, 0.4) is 0 Å². The van der Waals surface area contributed by atoms with Gasteiger partial charge in [-0.2, -0.15) is 5.10 Å². The highest BCUT2D eigenvalue weighted by Crippen LogP contribution is 2.37. The Labute approximate surface area is 175 Å². The number of aromatic nitrogens is 2. The molecule has 0 saturated heterocycles. The lowest BCUT2D eigenvalue weighted by molar-refractivity contribution is 0.0893. The second-order valence-electron chi connectivity index (χ2n) is 7.07. The van der Waals surface area contributed by atoms with E-state index in [0.29, 0.717) is 27.9 Å². The first-order chi connectivity index (χ1) is 14.0. The molecule has 0 aliphatic carbocycles. The minimum Gasteiger partial charge on any atom is -0.268 e. The molecule has 2 amide bonds. The van der Waals surface area contributed by atoms with Gasteiger partial charge in [0.2, 0.25) is 0 Å². The smallest absolute Gasteiger partial charge is 0.266 e. The molecule has 6 heteroatoms. The molecular weight excluding hydrogens is 430 g/mol. The fourth-order valence-corrected chi connectivity index (χ4v) is 4.53. The van der Waals surface area contributed by atoms with E-state index in [1.807, 2.05) is 62.4 Å². The predicted octanol–water partition coefficient (Wildman–Crippen LogP) is 5.21. The lowest BCUT2D eigenvalue weighted by Gasteiger charge is -2.27. The van der Waals surface area contributed by atoms with E-state index in [-0.39, 0.29) is 11.8 Å². The van der Waals surface area contributed by atoms with Crippen molar-refractivity contribution in [3.63, 3.8) is 0 Å². The second kappa shape index (κ2) is 6.39. The third kappa shape index (κ3) is 2.56. The summed E-state index contributed by atoms with van der Waals surface area (Å²) in [5, 5.41) is 6.17. The van der Waals surface area contributed by atoms with Gasteiger partial charge in [-0.15, -0.1) is 0 Å². The summed E-state index contributed by atoms with van der Waals surface area (Å²) in [5.74, 6) is -0.659. The molecule has 0 bridgehead atoms. The summed E-state index contributed by atoms with van der Waals surface area (Å²) >= 11 is 3.48. The molecule has 3 aromatic carbocycles. The highest BCUT2D eigenvalue weighted by Gasteiger charge is 2.37. The maximum absolute atomic E-state index is 13.5. The van der Waals surface area contributed by atoms with E-state index in [9.17, 15) is 9.59 Å². The lowest BCUT2D eigenvalue weighted by atomic mass is 9.93. The van der Waals surface area contributed by atoms with Gasteiger partial charge in [-0.05, 0) is 49.6 Å². The Balaban J connectivity index is 1.74. The molecule has 5 nitrogen and oxygen atoms in total. The van der Waals surface area contributed by atoms with Crippen molar-refractivity contribution in [3.8, 4) is 5.69 Å². The number of aryl methyl sites for hydroxylation is 1. The van der Waals surface area contributed by atoms with Gasteiger partial charge in [-0.3, -0.25) is 9.59 Å². The molecule has 1 aliphatic heterocycles. The van der Waals surface area contributed by atoms with Crippen molar-refractivity contribution in [2.45, 2.75) is 13.8 Å². The van der Waals surface area contributed by atoms with E-state index in [1.165, 1.54) is 4.90 Å². The maximum atomic E-state index is 13.5. The quantitative estimate of drug-likeness (QED) is 0.398. The van der Waals surface area contributed by atoms with E-state index < -0.39 is 0 Å². The first-order valence-corrected chi connectivity index (χ1v) is 9.99. The number of para-hydroxylation sites is 1. The van der Waals surface area contributed by atoms with Crippen LogP contribution in [0.15, 0.2) is 65.1 Å². The summed E-state index contributed by atoms with van der Waals surface area (Å²) in [6.07, 6.45) is 0. The van der Waals surface area contributed by atoms with Crippen molar-refractivity contribution in [1.29, 1.82) is 0 Å². The van der Waals surface area contributed by atoms with Gasteiger partial charge < -0.3 is 0 Å². The number of hydrogen-bond acceptors (Lipinski definition) is 3. The SMILES string of the molecule is Cc1nn(-c2ccccc2)c(C)c1N1C(=O)c2cccc3cc(Br)cc(c23)C1=O. The highest BCUT2D eigenvalue weighted by atomic mass is 79.9. The van der Waals surface area contributed by atoms with Crippen LogP contribution in [0, 0.1) is 13.8 Å². The molecular formula is C23H16BrN3O2. The standard InChI is InChI=1S/C23H16BrN3O2/c1-13-21(14(2)27(25-13)17-8-4-3-5-9-17)26-22(28)18-10-6-7-15-11-16(24)12-19(20(15)18)23(26)29/h3-12H,1-2H3. The fourth-order valence-electron chi connectivity index (χ4n) is 4.05. The van der Waals surface area contributed by atoms with Crippen molar-refractivity contribution in [1.82, 2.24) is 9.78 Å². The number of benzene rings is 3. The van der Waals surface area contributed by atoms with Crippen LogP contribution in [0.4, 0.5) is 5.69 Å². The number of anilines is 1. The van der Waals surface area contributed by atoms with Crippen LogP contribution in [0.25, 0.3) is 16.5 Å². The number of imide groups is 1. The molecule has 142 valence electrons. The van der Waals surface area contributed by atoms with Gasteiger partial charge in [-0.25, -0.2) is 9.58 Å². The van der Waals surface area contributed by atoms with Gasteiger partial charge >= 0.3 is 0 Å². The summed E-state index contributed by atoms with van der Waals surface area (Å²) < 4.78 is 2.57. The maximum Gasteiger partial charge on any atom is 0.266 e. The average molecular weight is 446 g/mol. The summed E-state index contributed by atoms with van der Waals surface area (Å²) in [7, 11) is 0. The molecule has 2 heterocycles. The molecule has 1 aliphatic rings. The molecule has 29 heavy (non-hydrogen) atoms. The fraction of sp³-hybridized carbons (Fsp3) is 0.0870. The Morgan fingerprint density at radius 3 is 2.34 bits per heavy atom. The van der Waals surface area contributed by atoms with E-state index >= 15 is 0 Å². The van der Waals surface area contributed by atoms with Crippen molar-refractivity contribution in [2.75, 3.05) is 4.90 Å². The summed E-state index contributed by atoms with van der Waals surface area (Å²) in [6, 6.07) is 18.9. The van der Waals surface area contributed by atoms with E-state index in [0.717, 1.165) is 21.2 Å². The molecule has 0 spiro atoms. The van der Waals surface area contributed by atoms with E-state index in [2.05, 4.69) is 21.0 Å². The number of halogens is 1. The molecule has 1 aromatic heterocycles. The number of amides is 2. The zero-order valence-corrected chi connectivity index (χ0v) is 17.4. The third-order valence-corrected chi connectivity index (χ3v) is 5.74. The number of carbonyl (C=O) groups excluding carboxylic acids is 2. The molecule has 4 aromatic rings. The topological polar surface area (TPSA) is 55.2 Å². The number of rotatable bonds is 2. The Morgan fingerprint density at radius 2 is 1.59 bits per heavy atom. The third-order valence-electron chi connectivity index (χ3n) is 5.29. The monoisotopic (exact) mass is 445 g/mol. The Kier molecular flexibility index (Phi) is 3.93. The molecule has 5 rings (SSSR count). The molecule has 0 radical (unpaired) electrons. The number of hydrogen-bond donors (Lipinski definition) is 0. The minimum atomic E-state index is -0.334. The van der Waals surface area contributed by atoms with Crippen LogP contribution in [0.1, 0.15) is 32.1 Å². The summed E-state index contributed by atoms with van der Waals surface area (Å²) in [4.78, 5) is 28.1. The van der Waals surface area contributed by atoms with Gasteiger partial charge in [0.25, 0.3) is 11.8 Å². The van der Waals surface area contributed by atoms with Gasteiger partial charge in [0.1, 0.15) is 0 Å². The first kappa shape index (κ1) is 17.8. The Bertz CT molecular complexity index is 1330. The van der Waals surface area contributed by atoms with Crippen LogP contribution < -0.4 is 4.90 Å². The predicted molar refractivity (Wildman–Crippen MR) is 116 cm³/mol. The second-order valence-corrected chi connectivity index (χ2v) is 7.99. The largest absolute Gasteiger partial charge is 0.268 e. The van der Waals surface area contributed by atoms with Crippen molar-refractivity contribution in [3.05, 3.63) is 87.7 Å².